The number of hydrogen-bond acceptors (Lipinski definition) is 4. The van der Waals surface area contributed by atoms with Crippen molar-refractivity contribution >= 4 is 11.8 Å². The summed E-state index contributed by atoms with van der Waals surface area (Å²) in [6.07, 6.45) is 11.2. The van der Waals surface area contributed by atoms with Gasteiger partial charge in [-0.05, 0) is 67.3 Å². The minimum atomic E-state index is -0.419. The van der Waals surface area contributed by atoms with Crippen LogP contribution in [0.4, 0.5) is 0 Å². The van der Waals surface area contributed by atoms with E-state index in [-0.39, 0.29) is 5.78 Å². The van der Waals surface area contributed by atoms with Gasteiger partial charge in [0.05, 0.1) is 12.2 Å². The number of rotatable bonds is 16. The van der Waals surface area contributed by atoms with Gasteiger partial charge < -0.3 is 9.47 Å². The molecule has 0 aliphatic rings. The molecule has 0 saturated carbocycles. The minimum Gasteiger partial charge on any atom is -0.494 e. The van der Waals surface area contributed by atoms with Crippen molar-refractivity contribution in [3.05, 3.63) is 59.2 Å². The molecule has 186 valence electrons. The molecule has 0 bridgehead atoms. The lowest BCUT2D eigenvalue weighted by atomic mass is 9.94. The van der Waals surface area contributed by atoms with Crippen LogP contribution in [0.1, 0.15) is 111 Å². The van der Waals surface area contributed by atoms with E-state index in [1.54, 1.807) is 36.4 Å². The molecule has 4 nitrogen and oxygen atoms in total. The molecule has 0 heterocycles. The van der Waals surface area contributed by atoms with Crippen LogP contribution in [-0.2, 0) is 0 Å². The fraction of sp³-hybridized carbons (Fsp3) is 0.533. The molecule has 2 aromatic rings. The summed E-state index contributed by atoms with van der Waals surface area (Å²) in [5.74, 6) is 1.34. The fourth-order valence-corrected chi connectivity index (χ4v) is 3.96. The molecule has 0 spiro atoms. The van der Waals surface area contributed by atoms with Gasteiger partial charge >= 0.3 is 5.97 Å². The number of aryl methyl sites for hydroxylation is 1. The number of benzene rings is 2. The monoisotopic (exact) mass is 466 g/mol. The Morgan fingerprint density at radius 2 is 1.47 bits per heavy atom. The summed E-state index contributed by atoms with van der Waals surface area (Å²) in [5.41, 5.74) is 1.93. The zero-order chi connectivity index (χ0) is 24.8. The Kier molecular flexibility index (Phi) is 12.4. The molecule has 0 fully saturated rings. The lowest BCUT2D eigenvalue weighted by Gasteiger charge is -2.12. The predicted molar refractivity (Wildman–Crippen MR) is 139 cm³/mol. The Labute approximate surface area is 206 Å². The molecule has 0 aliphatic carbocycles. The van der Waals surface area contributed by atoms with Crippen LogP contribution in [0, 0.1) is 12.8 Å². The van der Waals surface area contributed by atoms with Crippen LogP contribution < -0.4 is 9.47 Å². The van der Waals surface area contributed by atoms with Crippen LogP contribution in [0.3, 0.4) is 0 Å². The summed E-state index contributed by atoms with van der Waals surface area (Å²) >= 11 is 0. The first-order valence-electron chi connectivity index (χ1n) is 13.0. The van der Waals surface area contributed by atoms with Crippen molar-refractivity contribution in [1.29, 1.82) is 0 Å². The predicted octanol–water partition coefficient (Wildman–Crippen LogP) is 8.35. The molecule has 2 rings (SSSR count). The smallest absolute Gasteiger partial charge is 0.343 e. The van der Waals surface area contributed by atoms with Gasteiger partial charge in [-0.25, -0.2) is 4.79 Å². The van der Waals surface area contributed by atoms with Gasteiger partial charge in [-0.2, -0.15) is 0 Å². The number of unbranched alkanes of at least 4 members (excludes halogenated alkanes) is 6. The van der Waals surface area contributed by atoms with Gasteiger partial charge in [0, 0.05) is 12.0 Å². The van der Waals surface area contributed by atoms with E-state index < -0.39 is 5.97 Å². The maximum atomic E-state index is 12.7. The summed E-state index contributed by atoms with van der Waals surface area (Å²) in [6, 6.07) is 12.3. The maximum Gasteiger partial charge on any atom is 0.343 e. The third-order valence-corrected chi connectivity index (χ3v) is 6.14. The summed E-state index contributed by atoms with van der Waals surface area (Å²) in [5, 5.41) is 0. The van der Waals surface area contributed by atoms with E-state index in [1.165, 1.54) is 44.9 Å². The molecule has 0 aliphatic heterocycles. The first kappa shape index (κ1) is 27.6. The molecule has 0 aromatic heterocycles. The summed E-state index contributed by atoms with van der Waals surface area (Å²) < 4.78 is 11.3. The summed E-state index contributed by atoms with van der Waals surface area (Å²) in [7, 11) is 0. The molecule has 2 aromatic carbocycles. The number of carbonyl (C=O) groups is 2. The molecule has 4 heteroatoms. The average molecular weight is 467 g/mol. The first-order valence-corrected chi connectivity index (χ1v) is 13.0. The normalized spacial score (nSPS) is 11.8. The van der Waals surface area contributed by atoms with E-state index in [0.29, 0.717) is 35.8 Å². The molecule has 0 N–H and O–H groups in total. The van der Waals surface area contributed by atoms with Crippen LogP contribution in [0.25, 0.3) is 0 Å². The lowest BCUT2D eigenvalue weighted by Crippen LogP contribution is -2.10. The van der Waals surface area contributed by atoms with Gasteiger partial charge in [0.25, 0.3) is 0 Å². The third kappa shape index (κ3) is 9.70. The average Bonchev–Trinajstić information content (AvgIpc) is 2.83. The fourth-order valence-electron chi connectivity index (χ4n) is 3.96. The van der Waals surface area contributed by atoms with Crippen LogP contribution in [0.15, 0.2) is 42.5 Å². The van der Waals surface area contributed by atoms with Crippen molar-refractivity contribution in [2.75, 3.05) is 6.61 Å². The largest absolute Gasteiger partial charge is 0.494 e. The number of carbonyl (C=O) groups excluding carboxylic acids is 2. The molecule has 0 amide bonds. The lowest BCUT2D eigenvalue weighted by molar-refractivity contribution is 0.0733. The van der Waals surface area contributed by atoms with Crippen LogP contribution in [-0.4, -0.2) is 18.4 Å². The van der Waals surface area contributed by atoms with Gasteiger partial charge in [-0.3, -0.25) is 4.79 Å². The van der Waals surface area contributed by atoms with Crippen LogP contribution in [0.5, 0.6) is 11.5 Å². The van der Waals surface area contributed by atoms with E-state index in [2.05, 4.69) is 20.8 Å². The van der Waals surface area contributed by atoms with E-state index >= 15 is 0 Å². The number of ether oxygens (including phenoxy) is 2. The molecular formula is C30H42O4. The van der Waals surface area contributed by atoms with Gasteiger partial charge in [-0.15, -0.1) is 0 Å². The molecular weight excluding hydrogens is 424 g/mol. The molecule has 34 heavy (non-hydrogen) atoms. The number of Topliss-reactive ketones (excluding diaryl/α,β-unsaturated/α-hetero) is 1. The van der Waals surface area contributed by atoms with Crippen molar-refractivity contribution in [3.8, 4) is 11.5 Å². The summed E-state index contributed by atoms with van der Waals surface area (Å²) in [4.78, 5) is 25.3. The van der Waals surface area contributed by atoms with E-state index in [4.69, 9.17) is 9.47 Å². The Bertz CT molecular complexity index is 885. The second kappa shape index (κ2) is 15.3. The Hall–Kier alpha value is -2.62. The van der Waals surface area contributed by atoms with Gasteiger partial charge in [0.15, 0.2) is 5.78 Å². The summed E-state index contributed by atoms with van der Waals surface area (Å²) in [6.45, 7) is 9.09. The zero-order valence-corrected chi connectivity index (χ0v) is 21.5. The molecule has 1 atom stereocenters. The highest BCUT2D eigenvalue weighted by Gasteiger charge is 2.15. The number of hydrogen-bond donors (Lipinski definition) is 0. The van der Waals surface area contributed by atoms with Crippen LogP contribution in [0.2, 0.25) is 0 Å². The SMILES string of the molecule is CCCCCCOc1ccc(C(=O)Oc2ccc(C(=O)C[C@@H](C)CCCCCC)cc2C)cc1. The second-order valence-electron chi connectivity index (χ2n) is 9.39. The Morgan fingerprint density at radius 1 is 0.824 bits per heavy atom. The van der Waals surface area contributed by atoms with Crippen molar-refractivity contribution < 1.29 is 19.1 Å². The number of ketones is 1. The Morgan fingerprint density at radius 3 is 2.12 bits per heavy atom. The second-order valence-corrected chi connectivity index (χ2v) is 9.39. The van der Waals surface area contributed by atoms with Gasteiger partial charge in [0.1, 0.15) is 11.5 Å². The number of esters is 1. The van der Waals surface area contributed by atoms with Crippen LogP contribution >= 0.6 is 0 Å². The maximum absolute atomic E-state index is 12.7. The van der Waals surface area contributed by atoms with Gasteiger partial charge in [-0.1, -0.05) is 72.1 Å². The first-order chi connectivity index (χ1) is 16.4. The quantitative estimate of drug-likeness (QED) is 0.108. The van der Waals surface area contributed by atoms with Crippen molar-refractivity contribution in [3.63, 3.8) is 0 Å². The van der Waals surface area contributed by atoms with E-state index in [1.807, 2.05) is 13.0 Å². The highest BCUT2D eigenvalue weighted by atomic mass is 16.5. The van der Waals surface area contributed by atoms with Gasteiger partial charge in [0.2, 0.25) is 0 Å². The highest BCUT2D eigenvalue weighted by molar-refractivity contribution is 5.97. The van der Waals surface area contributed by atoms with E-state index in [9.17, 15) is 9.59 Å². The van der Waals surface area contributed by atoms with Crippen molar-refractivity contribution in [1.82, 2.24) is 0 Å². The molecule has 0 radical (unpaired) electrons. The van der Waals surface area contributed by atoms with Crippen molar-refractivity contribution in [2.45, 2.75) is 91.9 Å². The topological polar surface area (TPSA) is 52.6 Å². The molecule has 0 unspecified atom stereocenters. The zero-order valence-electron chi connectivity index (χ0n) is 21.5. The Balaban J connectivity index is 1.86. The highest BCUT2D eigenvalue weighted by Crippen LogP contribution is 2.24. The molecule has 0 saturated heterocycles. The third-order valence-electron chi connectivity index (χ3n) is 6.14. The minimum absolute atomic E-state index is 0.147. The van der Waals surface area contributed by atoms with E-state index in [0.717, 1.165) is 24.2 Å². The standard InChI is InChI=1S/C30H42O4/c1-5-7-9-11-13-23(3)21-28(31)26-16-19-29(24(4)22-26)34-30(32)25-14-17-27(18-15-25)33-20-12-10-8-6-2/h14-19,22-23H,5-13,20-21H2,1-4H3/t23-/m0/s1. The van der Waals surface area contributed by atoms with Crippen molar-refractivity contribution in [2.24, 2.45) is 5.92 Å².